The molecule has 0 aromatic heterocycles. The Hall–Kier alpha value is -0.660. The van der Waals surface area contributed by atoms with Gasteiger partial charge in [0, 0.05) is 25.2 Å². The van der Waals surface area contributed by atoms with Crippen LogP contribution in [0.4, 0.5) is 0 Å². The first-order valence-electron chi connectivity index (χ1n) is 6.35. The zero-order valence-electron chi connectivity index (χ0n) is 10.6. The summed E-state index contributed by atoms with van der Waals surface area (Å²) in [5.74, 6) is -1.36. The normalized spacial score (nSPS) is 30.3. The van der Waals surface area contributed by atoms with Crippen molar-refractivity contribution < 1.29 is 18.3 Å². The van der Waals surface area contributed by atoms with E-state index in [2.05, 4.69) is 4.90 Å². The second-order valence-electron chi connectivity index (χ2n) is 5.17. The number of carbonyl (C=O) groups is 1. The van der Waals surface area contributed by atoms with E-state index in [-0.39, 0.29) is 18.2 Å². The first-order chi connectivity index (χ1) is 8.40. The molecule has 2 rings (SSSR count). The molecule has 0 radical (unpaired) electrons. The number of carboxylic acids is 1. The van der Waals surface area contributed by atoms with E-state index in [1.807, 2.05) is 6.92 Å². The summed E-state index contributed by atoms with van der Waals surface area (Å²) < 4.78 is 25.8. The number of nitrogens with zero attached hydrogens (tertiary/aromatic N) is 2. The minimum Gasteiger partial charge on any atom is -0.481 e. The summed E-state index contributed by atoms with van der Waals surface area (Å²) in [5.41, 5.74) is 0. The van der Waals surface area contributed by atoms with Gasteiger partial charge in [0.1, 0.15) is 0 Å². The fraction of sp³-hybridized carbons (Fsp3) is 0.909. The largest absolute Gasteiger partial charge is 0.481 e. The minimum atomic E-state index is -3.44. The fourth-order valence-electron chi connectivity index (χ4n) is 2.88. The highest BCUT2D eigenvalue weighted by Gasteiger charge is 2.39. The molecule has 2 atom stereocenters. The van der Waals surface area contributed by atoms with Crippen LogP contribution in [0.2, 0.25) is 0 Å². The highest BCUT2D eigenvalue weighted by atomic mass is 32.2. The van der Waals surface area contributed by atoms with E-state index < -0.39 is 16.0 Å². The molecule has 0 amide bonds. The molecule has 2 aliphatic rings. The summed E-state index contributed by atoms with van der Waals surface area (Å²) in [4.78, 5) is 12.8. The summed E-state index contributed by atoms with van der Waals surface area (Å²) >= 11 is 0. The topological polar surface area (TPSA) is 77.9 Å². The van der Waals surface area contributed by atoms with Crippen LogP contribution < -0.4 is 0 Å². The van der Waals surface area contributed by atoms with Crippen LogP contribution in [-0.2, 0) is 14.8 Å². The second kappa shape index (κ2) is 5.14. The fourth-order valence-corrected chi connectivity index (χ4v) is 4.56. The van der Waals surface area contributed by atoms with Gasteiger partial charge in [-0.05, 0) is 26.3 Å². The van der Waals surface area contributed by atoms with Crippen molar-refractivity contribution in [2.24, 2.45) is 0 Å². The van der Waals surface area contributed by atoms with E-state index >= 15 is 0 Å². The smallest absolute Gasteiger partial charge is 0.304 e. The standard InChI is InChI=1S/C11H20N2O4S/c1-9-7-12-5-2-3-10(12)8-13(9)18(16,17)6-4-11(14)15/h9-10H,2-8H2,1H3,(H,14,15). The zero-order chi connectivity index (χ0) is 13.3. The summed E-state index contributed by atoms with van der Waals surface area (Å²) in [6.45, 7) is 4.23. The van der Waals surface area contributed by atoms with Crippen molar-refractivity contribution in [3.05, 3.63) is 0 Å². The van der Waals surface area contributed by atoms with Crippen LogP contribution in [0, 0.1) is 0 Å². The van der Waals surface area contributed by atoms with Gasteiger partial charge in [-0.3, -0.25) is 9.69 Å². The van der Waals surface area contributed by atoms with Gasteiger partial charge in [-0.1, -0.05) is 0 Å². The molecule has 0 aromatic rings. The maximum Gasteiger partial charge on any atom is 0.304 e. The molecule has 2 unspecified atom stereocenters. The Morgan fingerprint density at radius 2 is 2.11 bits per heavy atom. The van der Waals surface area contributed by atoms with E-state index in [1.54, 1.807) is 0 Å². The van der Waals surface area contributed by atoms with Gasteiger partial charge in [0.05, 0.1) is 12.2 Å². The molecule has 0 spiro atoms. The quantitative estimate of drug-likeness (QED) is 0.779. The number of rotatable bonds is 4. The van der Waals surface area contributed by atoms with E-state index in [0.29, 0.717) is 12.6 Å². The SMILES string of the molecule is CC1CN2CCCC2CN1S(=O)(=O)CCC(=O)O. The van der Waals surface area contributed by atoms with Gasteiger partial charge in [-0.2, -0.15) is 4.31 Å². The molecule has 6 nitrogen and oxygen atoms in total. The Bertz CT molecular complexity index is 423. The van der Waals surface area contributed by atoms with Crippen LogP contribution >= 0.6 is 0 Å². The number of piperazine rings is 1. The molecule has 2 fully saturated rings. The van der Waals surface area contributed by atoms with Crippen LogP contribution in [0.5, 0.6) is 0 Å². The van der Waals surface area contributed by atoms with Gasteiger partial charge in [0.15, 0.2) is 0 Å². The third-order valence-corrected chi connectivity index (χ3v) is 5.75. The lowest BCUT2D eigenvalue weighted by Gasteiger charge is -2.41. The van der Waals surface area contributed by atoms with Gasteiger partial charge >= 0.3 is 5.97 Å². The molecule has 104 valence electrons. The van der Waals surface area contributed by atoms with E-state index in [9.17, 15) is 13.2 Å². The Kier molecular flexibility index (Phi) is 3.93. The Balaban J connectivity index is 2.04. The number of carboxylic acid groups (broad SMARTS) is 1. The molecule has 0 bridgehead atoms. The van der Waals surface area contributed by atoms with Crippen LogP contribution in [0.1, 0.15) is 26.2 Å². The molecule has 2 aliphatic heterocycles. The van der Waals surface area contributed by atoms with Crippen LogP contribution in [0.3, 0.4) is 0 Å². The monoisotopic (exact) mass is 276 g/mol. The van der Waals surface area contributed by atoms with Crippen molar-refractivity contribution >= 4 is 16.0 Å². The Labute approximate surface area is 108 Å². The Morgan fingerprint density at radius 1 is 1.39 bits per heavy atom. The van der Waals surface area contributed by atoms with E-state index in [1.165, 1.54) is 4.31 Å². The number of fused-ring (bicyclic) bond motifs is 1. The average molecular weight is 276 g/mol. The van der Waals surface area contributed by atoms with Crippen molar-refractivity contribution in [2.45, 2.75) is 38.3 Å². The minimum absolute atomic E-state index is 0.0573. The Morgan fingerprint density at radius 3 is 2.78 bits per heavy atom. The average Bonchev–Trinajstić information content (AvgIpc) is 2.72. The molecule has 1 N–H and O–H groups in total. The summed E-state index contributed by atoms with van der Waals surface area (Å²) in [6, 6.07) is 0.263. The maximum absolute atomic E-state index is 12.1. The molecule has 0 aromatic carbocycles. The van der Waals surface area contributed by atoms with Crippen molar-refractivity contribution in [1.82, 2.24) is 9.21 Å². The molecule has 0 aliphatic carbocycles. The van der Waals surface area contributed by atoms with Crippen molar-refractivity contribution in [2.75, 3.05) is 25.4 Å². The molecule has 7 heteroatoms. The van der Waals surface area contributed by atoms with Crippen LogP contribution in [0.15, 0.2) is 0 Å². The first-order valence-corrected chi connectivity index (χ1v) is 7.96. The molecule has 2 saturated heterocycles. The third-order valence-electron chi connectivity index (χ3n) is 3.81. The lowest BCUT2D eigenvalue weighted by atomic mass is 10.1. The second-order valence-corrected chi connectivity index (χ2v) is 7.21. The lowest BCUT2D eigenvalue weighted by Crippen LogP contribution is -2.57. The lowest BCUT2D eigenvalue weighted by molar-refractivity contribution is -0.136. The van der Waals surface area contributed by atoms with Gasteiger partial charge < -0.3 is 5.11 Å². The summed E-state index contributed by atoms with van der Waals surface area (Å²) in [7, 11) is -3.44. The molecule has 0 saturated carbocycles. The number of hydrogen-bond acceptors (Lipinski definition) is 4. The van der Waals surface area contributed by atoms with Gasteiger partial charge in [-0.15, -0.1) is 0 Å². The first kappa shape index (κ1) is 13.8. The number of hydrogen-bond donors (Lipinski definition) is 1. The number of sulfonamides is 1. The van der Waals surface area contributed by atoms with Gasteiger partial charge in [0.25, 0.3) is 0 Å². The van der Waals surface area contributed by atoms with Crippen molar-refractivity contribution in [1.29, 1.82) is 0 Å². The van der Waals surface area contributed by atoms with E-state index in [0.717, 1.165) is 25.9 Å². The highest BCUT2D eigenvalue weighted by Crippen LogP contribution is 2.26. The third kappa shape index (κ3) is 2.84. The molecule has 2 heterocycles. The predicted octanol–water partition coefficient (Wildman–Crippen LogP) is -0.0406. The van der Waals surface area contributed by atoms with Gasteiger partial charge in [0.2, 0.25) is 10.0 Å². The van der Waals surface area contributed by atoms with Crippen LogP contribution in [-0.4, -0.2) is 66.2 Å². The predicted molar refractivity (Wildman–Crippen MR) is 66.8 cm³/mol. The van der Waals surface area contributed by atoms with Gasteiger partial charge in [-0.25, -0.2) is 8.42 Å². The maximum atomic E-state index is 12.1. The summed E-state index contributed by atoms with van der Waals surface area (Å²) in [6.07, 6.45) is 1.85. The van der Waals surface area contributed by atoms with Crippen molar-refractivity contribution in [3.63, 3.8) is 0 Å². The molecular weight excluding hydrogens is 256 g/mol. The van der Waals surface area contributed by atoms with Crippen molar-refractivity contribution in [3.8, 4) is 0 Å². The molecular formula is C11H20N2O4S. The highest BCUT2D eigenvalue weighted by molar-refractivity contribution is 7.89. The van der Waals surface area contributed by atoms with Crippen LogP contribution in [0.25, 0.3) is 0 Å². The van der Waals surface area contributed by atoms with E-state index in [4.69, 9.17) is 5.11 Å². The number of aliphatic carboxylic acids is 1. The molecule has 18 heavy (non-hydrogen) atoms. The summed E-state index contributed by atoms with van der Waals surface area (Å²) in [5, 5.41) is 8.60. The zero-order valence-corrected chi connectivity index (χ0v) is 11.4.